The largest absolute Gasteiger partial charge is 0.467 e. The Morgan fingerprint density at radius 2 is 2.16 bits per heavy atom. The van der Waals surface area contributed by atoms with Crippen LogP contribution in [0.4, 0.5) is 0 Å². The quantitative estimate of drug-likeness (QED) is 0.573. The molecule has 1 atom stereocenters. The summed E-state index contributed by atoms with van der Waals surface area (Å²) in [5.41, 5.74) is 5.02. The molecule has 0 spiro atoms. The highest BCUT2D eigenvalue weighted by atomic mass is 32.1. The molecule has 0 aromatic carbocycles. The van der Waals surface area contributed by atoms with Crippen LogP contribution in [0, 0.1) is 5.41 Å². The fourth-order valence-corrected chi connectivity index (χ4v) is 2.80. The number of amides is 1. The third-order valence-corrected chi connectivity index (χ3v) is 4.30. The average Bonchev–Trinajstić information content (AvgIpc) is 2.36. The first kappa shape index (κ1) is 14.2. The predicted octanol–water partition coefficient (Wildman–Crippen LogP) is -0.157. The Labute approximate surface area is 117 Å². The van der Waals surface area contributed by atoms with Gasteiger partial charge in [-0.25, -0.2) is 4.79 Å². The second kappa shape index (κ2) is 5.42. The molecule has 106 valence electrons. The van der Waals surface area contributed by atoms with Gasteiger partial charge in [-0.05, 0) is 12.8 Å². The molecule has 6 nitrogen and oxygen atoms in total. The maximum atomic E-state index is 12.6. The van der Waals surface area contributed by atoms with Crippen LogP contribution in [0.25, 0.3) is 0 Å². The van der Waals surface area contributed by atoms with Gasteiger partial charge in [-0.2, -0.15) is 0 Å². The fraction of sp³-hybridized carbons (Fsp3) is 0.750. The third kappa shape index (κ3) is 2.44. The summed E-state index contributed by atoms with van der Waals surface area (Å²) in [5.74, 6) is -0.543. The molecule has 0 aromatic rings. The van der Waals surface area contributed by atoms with Gasteiger partial charge in [0.25, 0.3) is 0 Å². The number of thiocarbonyl (C=S) groups is 1. The lowest BCUT2D eigenvalue weighted by Crippen LogP contribution is -2.58. The van der Waals surface area contributed by atoms with Crippen molar-refractivity contribution in [3.63, 3.8) is 0 Å². The van der Waals surface area contributed by atoms with Gasteiger partial charge in [0.1, 0.15) is 0 Å². The Morgan fingerprint density at radius 3 is 2.63 bits per heavy atom. The fourth-order valence-electron chi connectivity index (χ4n) is 2.51. The summed E-state index contributed by atoms with van der Waals surface area (Å²) in [5, 5.41) is 0. The van der Waals surface area contributed by atoms with Crippen LogP contribution in [-0.4, -0.2) is 54.7 Å². The maximum Gasteiger partial charge on any atom is 0.336 e. The van der Waals surface area contributed by atoms with E-state index in [0.717, 1.165) is 6.42 Å². The number of methoxy groups -OCH3 is 1. The summed E-state index contributed by atoms with van der Waals surface area (Å²) in [7, 11) is 1.30. The highest BCUT2D eigenvalue weighted by Crippen LogP contribution is 2.43. The molecule has 1 aliphatic heterocycles. The second-order valence-electron chi connectivity index (χ2n) is 4.93. The topological polar surface area (TPSA) is 81.9 Å². The Bertz CT molecular complexity index is 409. The maximum absolute atomic E-state index is 12.6. The standard InChI is InChI=1S/C12H18N2O4S/c1-17-9(15)8-7-14(5-6-18-8)11(16)12(10(13)19)3-2-4-12/h8H,2-7H2,1H3,(H2,13,19). The molecule has 0 bridgehead atoms. The van der Waals surface area contributed by atoms with Crippen LogP contribution in [-0.2, 0) is 19.1 Å². The Morgan fingerprint density at radius 1 is 1.47 bits per heavy atom. The molecule has 1 aliphatic carbocycles. The normalized spacial score (nSPS) is 25.3. The number of nitrogens with zero attached hydrogens (tertiary/aromatic N) is 1. The summed E-state index contributed by atoms with van der Waals surface area (Å²) >= 11 is 5.04. The smallest absolute Gasteiger partial charge is 0.336 e. The number of ether oxygens (including phenoxy) is 2. The molecule has 1 heterocycles. The molecule has 2 N–H and O–H groups in total. The van der Waals surface area contributed by atoms with Crippen molar-refractivity contribution in [1.29, 1.82) is 0 Å². The lowest BCUT2D eigenvalue weighted by molar-refractivity contribution is -0.165. The minimum Gasteiger partial charge on any atom is -0.467 e. The van der Waals surface area contributed by atoms with Crippen LogP contribution < -0.4 is 5.73 Å². The first-order valence-electron chi connectivity index (χ1n) is 6.30. The summed E-state index contributed by atoms with van der Waals surface area (Å²) in [6.45, 7) is 0.978. The van der Waals surface area contributed by atoms with Gasteiger partial charge >= 0.3 is 5.97 Å². The summed E-state index contributed by atoms with van der Waals surface area (Å²) in [6, 6.07) is 0. The number of carbonyl (C=O) groups excluding carboxylic acids is 2. The van der Waals surface area contributed by atoms with Crippen LogP contribution in [0.2, 0.25) is 0 Å². The van der Waals surface area contributed by atoms with Gasteiger partial charge in [0.15, 0.2) is 6.10 Å². The first-order valence-corrected chi connectivity index (χ1v) is 6.71. The SMILES string of the molecule is COC(=O)C1CN(C(=O)C2(C(N)=S)CCC2)CCO1. The van der Waals surface area contributed by atoms with E-state index in [9.17, 15) is 9.59 Å². The molecule has 7 heteroatoms. The predicted molar refractivity (Wildman–Crippen MR) is 71.4 cm³/mol. The molecule has 0 radical (unpaired) electrons. The summed E-state index contributed by atoms with van der Waals surface area (Å²) < 4.78 is 9.94. The molecule has 1 amide bonds. The number of rotatable bonds is 3. The molecule has 2 aliphatic rings. The number of morpholine rings is 1. The van der Waals surface area contributed by atoms with E-state index in [-0.39, 0.29) is 17.4 Å². The molecule has 1 saturated carbocycles. The van der Waals surface area contributed by atoms with Gasteiger partial charge < -0.3 is 20.1 Å². The second-order valence-corrected chi connectivity index (χ2v) is 5.37. The summed E-state index contributed by atoms with van der Waals surface area (Å²) in [6.07, 6.45) is 1.63. The molecule has 1 unspecified atom stereocenters. The van der Waals surface area contributed by atoms with Gasteiger partial charge in [-0.15, -0.1) is 0 Å². The highest BCUT2D eigenvalue weighted by Gasteiger charge is 2.49. The molecule has 2 rings (SSSR count). The van der Waals surface area contributed by atoms with Crippen molar-refractivity contribution in [3.8, 4) is 0 Å². The summed E-state index contributed by atoms with van der Waals surface area (Å²) in [4.78, 5) is 25.9. The zero-order valence-electron chi connectivity index (χ0n) is 10.9. The van der Waals surface area contributed by atoms with E-state index in [1.54, 1.807) is 4.90 Å². The van der Waals surface area contributed by atoms with Crippen molar-refractivity contribution in [1.82, 2.24) is 4.90 Å². The van der Waals surface area contributed by atoms with Crippen molar-refractivity contribution in [3.05, 3.63) is 0 Å². The molecular formula is C12H18N2O4S. The van der Waals surface area contributed by atoms with E-state index >= 15 is 0 Å². The van der Waals surface area contributed by atoms with E-state index in [0.29, 0.717) is 26.0 Å². The third-order valence-electron chi connectivity index (χ3n) is 3.91. The lowest BCUT2D eigenvalue weighted by atomic mass is 9.67. The van der Waals surface area contributed by atoms with Crippen molar-refractivity contribution in [2.45, 2.75) is 25.4 Å². The van der Waals surface area contributed by atoms with Crippen molar-refractivity contribution in [2.75, 3.05) is 26.8 Å². The molecule has 2 fully saturated rings. The van der Waals surface area contributed by atoms with Gasteiger partial charge in [-0.3, -0.25) is 4.79 Å². The van der Waals surface area contributed by atoms with E-state index in [1.165, 1.54) is 7.11 Å². The molecule has 0 aromatic heterocycles. The van der Waals surface area contributed by atoms with Crippen LogP contribution in [0.1, 0.15) is 19.3 Å². The van der Waals surface area contributed by atoms with Crippen LogP contribution in [0.15, 0.2) is 0 Å². The number of carbonyl (C=O) groups is 2. The average molecular weight is 286 g/mol. The van der Waals surface area contributed by atoms with E-state index < -0.39 is 17.5 Å². The zero-order chi connectivity index (χ0) is 14.0. The Balaban J connectivity index is 2.07. The minimum atomic E-state index is -0.717. The number of hydrogen-bond acceptors (Lipinski definition) is 5. The number of hydrogen-bond donors (Lipinski definition) is 1. The van der Waals surface area contributed by atoms with Crippen molar-refractivity contribution in [2.24, 2.45) is 11.1 Å². The highest BCUT2D eigenvalue weighted by molar-refractivity contribution is 7.80. The lowest BCUT2D eigenvalue weighted by Gasteiger charge is -2.44. The van der Waals surface area contributed by atoms with Gasteiger partial charge in [-0.1, -0.05) is 18.6 Å². The van der Waals surface area contributed by atoms with Crippen molar-refractivity contribution >= 4 is 29.1 Å². The molecule has 1 saturated heterocycles. The zero-order valence-corrected chi connectivity index (χ0v) is 11.7. The van der Waals surface area contributed by atoms with Crippen LogP contribution in [0.5, 0.6) is 0 Å². The van der Waals surface area contributed by atoms with E-state index in [4.69, 9.17) is 22.7 Å². The number of esters is 1. The molecule has 19 heavy (non-hydrogen) atoms. The van der Waals surface area contributed by atoms with E-state index in [1.807, 2.05) is 0 Å². The number of nitrogens with two attached hydrogens (primary N) is 1. The van der Waals surface area contributed by atoms with Crippen LogP contribution in [0.3, 0.4) is 0 Å². The van der Waals surface area contributed by atoms with Gasteiger partial charge in [0, 0.05) is 6.54 Å². The van der Waals surface area contributed by atoms with E-state index in [2.05, 4.69) is 4.74 Å². The minimum absolute atomic E-state index is 0.0801. The molecular weight excluding hydrogens is 268 g/mol. The monoisotopic (exact) mass is 286 g/mol. The Kier molecular flexibility index (Phi) is 4.05. The van der Waals surface area contributed by atoms with Crippen LogP contribution >= 0.6 is 12.2 Å². The first-order chi connectivity index (χ1) is 9.01. The Hall–Kier alpha value is -1.21. The van der Waals surface area contributed by atoms with Gasteiger partial charge in [0.2, 0.25) is 5.91 Å². The van der Waals surface area contributed by atoms with Crippen molar-refractivity contribution < 1.29 is 19.1 Å². The van der Waals surface area contributed by atoms with Gasteiger partial charge in [0.05, 0.1) is 30.7 Å².